The van der Waals surface area contributed by atoms with Gasteiger partial charge in [0, 0.05) is 2.85 Å². The average Bonchev–Trinajstić information content (AvgIpc) is 2.58. The fraction of sp³-hybridized carbons (Fsp3) is 0.714. The zero-order chi connectivity index (χ0) is 10.8. The van der Waals surface area contributed by atoms with Crippen LogP contribution in [0.15, 0.2) is 0 Å². The fourth-order valence-electron chi connectivity index (χ4n) is 0.473. The van der Waals surface area contributed by atoms with Gasteiger partial charge in [-0.05, 0) is 12.1 Å². The number of nitrogens with one attached hydrogen (secondary N) is 2. The smallest absolute Gasteiger partial charge is 0.414 e. The second kappa shape index (κ2) is 7.96. The molecule has 1 amide bonds. The van der Waals surface area contributed by atoms with E-state index in [1.807, 2.05) is 0 Å². The highest BCUT2D eigenvalue weighted by atomic mass is 16.5. The maximum atomic E-state index is 10.7. The minimum Gasteiger partial charge on any atom is -0.450 e. The van der Waals surface area contributed by atoms with Crippen LogP contribution in [0.25, 0.3) is 0 Å². The number of rotatable bonds is 2. The Morgan fingerprint density at radius 1 is 1.57 bits per heavy atom. The molecular weight excluding hydrogens is 186 g/mol. The molecule has 0 radical (unpaired) electrons. The topological polar surface area (TPSA) is 92.8 Å². The van der Waals surface area contributed by atoms with E-state index in [0.29, 0.717) is 6.61 Å². The second-order valence-corrected chi connectivity index (χ2v) is 2.29. The summed E-state index contributed by atoms with van der Waals surface area (Å²) in [5.41, 5.74) is 0. The van der Waals surface area contributed by atoms with Crippen molar-refractivity contribution < 1.29 is 12.4 Å². The Morgan fingerprint density at radius 2 is 2.21 bits per heavy atom. The van der Waals surface area contributed by atoms with E-state index in [4.69, 9.17) is 0 Å². The molecule has 0 saturated carbocycles. The molecular formula is C7H19N5O2. The summed E-state index contributed by atoms with van der Waals surface area (Å²) in [6.07, 6.45) is 0.661. The first-order chi connectivity index (χ1) is 6.74. The number of hydrogen-bond acceptors (Lipinski definition) is 5. The van der Waals surface area contributed by atoms with Crippen LogP contribution in [0.1, 0.15) is 30.0 Å². The molecule has 0 atom stereocenters. The van der Waals surface area contributed by atoms with Crippen LogP contribution in [0.4, 0.5) is 10.7 Å². The zero-order valence-electron chi connectivity index (χ0n) is 8.57. The van der Waals surface area contributed by atoms with Crippen molar-refractivity contribution in [3.05, 3.63) is 0 Å². The molecule has 7 nitrogen and oxygen atoms in total. The minimum absolute atomic E-state index is 0. The van der Waals surface area contributed by atoms with Gasteiger partial charge >= 0.3 is 6.09 Å². The van der Waals surface area contributed by atoms with Crippen LogP contribution in [-0.2, 0) is 4.74 Å². The Labute approximate surface area is 85.2 Å². The van der Waals surface area contributed by atoms with Gasteiger partial charge in [0.2, 0.25) is 0 Å². The molecule has 1 heterocycles. The number of aromatic nitrogens is 4. The summed E-state index contributed by atoms with van der Waals surface area (Å²) in [6.45, 7) is 6.26. The van der Waals surface area contributed by atoms with Crippen LogP contribution in [0.5, 0.6) is 0 Å². The predicted molar refractivity (Wildman–Crippen MR) is 55.0 cm³/mol. The van der Waals surface area contributed by atoms with Crippen LogP contribution in [0.3, 0.4) is 0 Å². The molecule has 0 unspecified atom stereocenters. The van der Waals surface area contributed by atoms with Gasteiger partial charge in [-0.1, -0.05) is 25.4 Å². The molecule has 0 saturated heterocycles. The average molecular weight is 205 g/mol. The van der Waals surface area contributed by atoms with Crippen LogP contribution < -0.4 is 5.32 Å². The van der Waals surface area contributed by atoms with Crippen LogP contribution in [-0.4, -0.2) is 33.3 Å². The lowest BCUT2D eigenvalue weighted by Crippen LogP contribution is -2.14. The lowest BCUT2D eigenvalue weighted by Gasteiger charge is -1.98. The number of nitrogens with zero attached hydrogens (tertiary/aromatic N) is 3. The highest BCUT2D eigenvalue weighted by Crippen LogP contribution is 1.91. The minimum atomic E-state index is -0.589. The number of H-pyrrole nitrogens is 1. The first-order valence-corrected chi connectivity index (χ1v) is 4.41. The van der Waals surface area contributed by atoms with E-state index in [1.54, 1.807) is 6.92 Å². The Balaban J connectivity index is -0.000000306. The van der Waals surface area contributed by atoms with Gasteiger partial charge in [0.25, 0.3) is 5.95 Å². The van der Waals surface area contributed by atoms with E-state index in [1.165, 1.54) is 6.42 Å². The Kier molecular flexibility index (Phi) is 7.02. The third-order valence-electron chi connectivity index (χ3n) is 0.835. The van der Waals surface area contributed by atoms with Gasteiger partial charge in [-0.15, -0.1) is 5.10 Å². The third kappa shape index (κ3) is 5.92. The standard InChI is InChI=1S/C4H7N5O2.C3H8.2H2/c1-2-11-4(10)5-3-6-8-9-7-3;1-3-2;;/h2H2,1H3,(H2,5,6,7,8,9,10);3H2,1-2H3;2*1H. The zero-order valence-corrected chi connectivity index (χ0v) is 8.57. The molecule has 0 aromatic carbocycles. The van der Waals surface area contributed by atoms with Crippen molar-refractivity contribution in [1.29, 1.82) is 0 Å². The molecule has 1 aromatic rings. The molecule has 2 N–H and O–H groups in total. The van der Waals surface area contributed by atoms with Crippen molar-refractivity contribution in [2.24, 2.45) is 0 Å². The molecule has 1 rings (SSSR count). The van der Waals surface area contributed by atoms with Crippen molar-refractivity contribution >= 4 is 12.0 Å². The summed E-state index contributed by atoms with van der Waals surface area (Å²) in [5, 5.41) is 14.6. The fourth-order valence-corrected chi connectivity index (χ4v) is 0.473. The van der Waals surface area contributed by atoms with Crippen molar-refractivity contribution in [2.45, 2.75) is 27.2 Å². The molecule has 0 bridgehead atoms. The molecule has 0 fully saturated rings. The molecule has 0 aliphatic heterocycles. The maximum absolute atomic E-state index is 10.7. The van der Waals surface area contributed by atoms with E-state index < -0.39 is 6.09 Å². The number of carbonyl (C=O) groups excluding carboxylic acids is 1. The van der Waals surface area contributed by atoms with Gasteiger partial charge in [-0.2, -0.15) is 5.21 Å². The molecule has 0 aliphatic rings. The molecule has 0 spiro atoms. The largest absolute Gasteiger partial charge is 0.450 e. The van der Waals surface area contributed by atoms with E-state index in [-0.39, 0.29) is 8.80 Å². The highest BCUT2D eigenvalue weighted by molar-refractivity contribution is 5.81. The van der Waals surface area contributed by atoms with Gasteiger partial charge in [0.15, 0.2) is 0 Å². The first kappa shape index (κ1) is 12.3. The maximum Gasteiger partial charge on any atom is 0.414 e. The van der Waals surface area contributed by atoms with Gasteiger partial charge < -0.3 is 4.74 Å². The van der Waals surface area contributed by atoms with Gasteiger partial charge in [0.05, 0.1) is 6.61 Å². The van der Waals surface area contributed by atoms with Gasteiger partial charge in [0.1, 0.15) is 0 Å². The number of ether oxygens (including phenoxy) is 1. The SMILES string of the molecule is CCC.CCOC(=O)Nc1nn[nH]n1.[HH].[HH]. The van der Waals surface area contributed by atoms with Crippen molar-refractivity contribution in [3.8, 4) is 0 Å². The Morgan fingerprint density at radius 3 is 2.64 bits per heavy atom. The summed E-state index contributed by atoms with van der Waals surface area (Å²) in [4.78, 5) is 10.7. The number of tetrazole rings is 1. The van der Waals surface area contributed by atoms with Crippen LogP contribution >= 0.6 is 0 Å². The number of anilines is 1. The summed E-state index contributed by atoms with van der Waals surface area (Å²) in [6, 6.07) is 0. The highest BCUT2D eigenvalue weighted by Gasteiger charge is 2.03. The molecule has 14 heavy (non-hydrogen) atoms. The lowest BCUT2D eigenvalue weighted by molar-refractivity contribution is 0.167. The van der Waals surface area contributed by atoms with Crippen LogP contribution in [0, 0.1) is 0 Å². The van der Waals surface area contributed by atoms with E-state index >= 15 is 0 Å². The summed E-state index contributed by atoms with van der Waals surface area (Å²) >= 11 is 0. The van der Waals surface area contributed by atoms with Crippen molar-refractivity contribution in [1.82, 2.24) is 20.6 Å². The number of aromatic amines is 1. The summed E-state index contributed by atoms with van der Waals surface area (Å²) in [5.74, 6) is 0.100. The number of amides is 1. The summed E-state index contributed by atoms with van der Waals surface area (Å²) in [7, 11) is 0. The van der Waals surface area contributed by atoms with E-state index in [9.17, 15) is 4.79 Å². The van der Waals surface area contributed by atoms with Crippen molar-refractivity contribution in [3.63, 3.8) is 0 Å². The first-order valence-electron chi connectivity index (χ1n) is 4.41. The molecule has 1 aromatic heterocycles. The van der Waals surface area contributed by atoms with Gasteiger partial charge in [-0.3, -0.25) is 5.32 Å². The van der Waals surface area contributed by atoms with Gasteiger partial charge in [-0.25, -0.2) is 4.79 Å². The monoisotopic (exact) mass is 205 g/mol. The second-order valence-electron chi connectivity index (χ2n) is 2.29. The Bertz CT molecular complexity index is 245. The normalized spacial score (nSPS) is 8.50. The van der Waals surface area contributed by atoms with Crippen LogP contribution in [0.2, 0.25) is 0 Å². The molecule has 0 aliphatic carbocycles. The van der Waals surface area contributed by atoms with E-state index in [0.717, 1.165) is 0 Å². The van der Waals surface area contributed by atoms with Crippen molar-refractivity contribution in [2.75, 3.05) is 11.9 Å². The third-order valence-corrected chi connectivity index (χ3v) is 0.835. The molecule has 7 heteroatoms. The lowest BCUT2D eigenvalue weighted by atomic mass is 10.6. The van der Waals surface area contributed by atoms with E-state index in [2.05, 4.69) is 44.5 Å². The predicted octanol–water partition coefficient (Wildman–Crippen LogP) is 1.68. The quantitative estimate of drug-likeness (QED) is 0.766. The molecule has 84 valence electrons. The Hall–Kier alpha value is -1.66. The summed E-state index contributed by atoms with van der Waals surface area (Å²) < 4.78 is 4.54. The number of carbonyl (C=O) groups is 1. The number of hydrogen-bond donors (Lipinski definition) is 2.